The van der Waals surface area contributed by atoms with Gasteiger partial charge in [-0.05, 0) is 45.4 Å². The quantitative estimate of drug-likeness (QED) is 0.434. The molecule has 0 amide bonds. The normalized spacial score (nSPS) is 10.6. The molecule has 29 heavy (non-hydrogen) atoms. The molecule has 0 radical (unpaired) electrons. The molecule has 0 saturated heterocycles. The molecule has 6 heteroatoms. The van der Waals surface area contributed by atoms with Crippen molar-refractivity contribution in [1.29, 1.82) is 0 Å². The van der Waals surface area contributed by atoms with Crippen molar-refractivity contribution in [2.75, 3.05) is 6.61 Å². The van der Waals surface area contributed by atoms with E-state index in [1.54, 1.807) is 37.3 Å². The highest BCUT2D eigenvalue weighted by molar-refractivity contribution is 6.00. The zero-order valence-electron chi connectivity index (χ0n) is 16.9. The first-order valence-corrected chi connectivity index (χ1v) is 9.28. The number of nitrogens with zero attached hydrogens (tertiary/aromatic N) is 1. The molecule has 150 valence electrons. The molecule has 1 aromatic heterocycles. The third kappa shape index (κ3) is 4.71. The average molecular weight is 393 g/mol. The Hall–Kier alpha value is -3.41. The fraction of sp³-hybridized carbons (Fsp3) is 0.261. The number of esters is 1. The van der Waals surface area contributed by atoms with Crippen LogP contribution < -0.4 is 4.74 Å². The van der Waals surface area contributed by atoms with Crippen LogP contribution in [-0.2, 0) is 11.3 Å². The van der Waals surface area contributed by atoms with Gasteiger partial charge in [0, 0.05) is 5.56 Å². The van der Waals surface area contributed by atoms with Crippen LogP contribution in [0.2, 0.25) is 0 Å². The SMILES string of the molecule is Cc1ccc(C(=O)COC(=O)c2ccccc2OCc2c(C)noc2C)c(C)c1. The molecule has 6 nitrogen and oxygen atoms in total. The summed E-state index contributed by atoms with van der Waals surface area (Å²) < 4.78 is 16.2. The highest BCUT2D eigenvalue weighted by Gasteiger charge is 2.18. The van der Waals surface area contributed by atoms with Crippen LogP contribution in [0.4, 0.5) is 0 Å². The molecule has 0 spiro atoms. The molecule has 0 saturated carbocycles. The van der Waals surface area contributed by atoms with Crippen molar-refractivity contribution < 1.29 is 23.6 Å². The molecule has 0 bridgehead atoms. The van der Waals surface area contributed by atoms with E-state index in [4.69, 9.17) is 14.0 Å². The van der Waals surface area contributed by atoms with Crippen molar-refractivity contribution in [2.45, 2.75) is 34.3 Å². The van der Waals surface area contributed by atoms with Crippen molar-refractivity contribution in [3.63, 3.8) is 0 Å². The number of ketones is 1. The summed E-state index contributed by atoms with van der Waals surface area (Å²) in [6, 6.07) is 12.3. The number of aromatic nitrogens is 1. The molecule has 0 unspecified atom stereocenters. The lowest BCUT2D eigenvalue weighted by atomic mass is 10.0. The Morgan fingerprint density at radius 2 is 1.76 bits per heavy atom. The molecule has 1 heterocycles. The summed E-state index contributed by atoms with van der Waals surface area (Å²) in [7, 11) is 0. The minimum absolute atomic E-state index is 0.215. The highest BCUT2D eigenvalue weighted by atomic mass is 16.5. The van der Waals surface area contributed by atoms with Crippen LogP contribution in [0, 0.1) is 27.7 Å². The minimum atomic E-state index is -0.613. The second kappa shape index (κ2) is 8.73. The number of ether oxygens (including phenoxy) is 2. The van der Waals surface area contributed by atoms with Gasteiger partial charge < -0.3 is 14.0 Å². The Kier molecular flexibility index (Phi) is 6.12. The largest absolute Gasteiger partial charge is 0.488 e. The van der Waals surface area contributed by atoms with Crippen LogP contribution >= 0.6 is 0 Å². The first-order chi connectivity index (χ1) is 13.9. The van der Waals surface area contributed by atoms with Crippen molar-refractivity contribution in [1.82, 2.24) is 5.16 Å². The minimum Gasteiger partial charge on any atom is -0.488 e. The number of Topliss-reactive ketones (excluding diaryl/α,β-unsaturated/α-hetero) is 1. The number of aryl methyl sites for hydroxylation is 4. The summed E-state index contributed by atoms with van der Waals surface area (Å²) in [5.41, 5.74) is 4.30. The number of hydrogen-bond donors (Lipinski definition) is 0. The first-order valence-electron chi connectivity index (χ1n) is 9.28. The predicted octanol–water partition coefficient (Wildman–Crippen LogP) is 4.53. The number of hydrogen-bond acceptors (Lipinski definition) is 6. The number of para-hydroxylation sites is 1. The van der Waals surface area contributed by atoms with Gasteiger partial charge in [0.2, 0.25) is 5.78 Å². The van der Waals surface area contributed by atoms with Gasteiger partial charge in [-0.1, -0.05) is 41.1 Å². The van der Waals surface area contributed by atoms with Gasteiger partial charge in [-0.2, -0.15) is 0 Å². The lowest BCUT2D eigenvalue weighted by molar-refractivity contribution is 0.0470. The Morgan fingerprint density at radius 1 is 1.00 bits per heavy atom. The summed E-state index contributed by atoms with van der Waals surface area (Å²) in [6.45, 7) is 7.33. The average Bonchev–Trinajstić information content (AvgIpc) is 3.02. The molecule has 2 aromatic carbocycles. The molecular weight excluding hydrogens is 370 g/mol. The standard InChI is InChI=1S/C23H23NO5/c1-14-9-10-18(15(2)11-14)21(25)13-28-23(26)19-7-5-6-8-22(19)27-12-20-16(3)24-29-17(20)4/h5-11H,12-13H2,1-4H3. The topological polar surface area (TPSA) is 78.6 Å². The highest BCUT2D eigenvalue weighted by Crippen LogP contribution is 2.22. The van der Waals surface area contributed by atoms with Gasteiger partial charge in [0.05, 0.1) is 11.3 Å². The van der Waals surface area contributed by atoms with Crippen LogP contribution in [0.15, 0.2) is 47.0 Å². The first kappa shape index (κ1) is 20.3. The van der Waals surface area contributed by atoms with Gasteiger partial charge in [0.15, 0.2) is 6.61 Å². The molecule has 0 aliphatic rings. The predicted molar refractivity (Wildman–Crippen MR) is 107 cm³/mol. The number of carbonyl (C=O) groups is 2. The summed E-state index contributed by atoms with van der Waals surface area (Å²) in [5.74, 6) is 0.181. The molecule has 0 aliphatic heterocycles. The third-order valence-corrected chi connectivity index (χ3v) is 4.68. The Morgan fingerprint density at radius 3 is 2.45 bits per heavy atom. The summed E-state index contributed by atoms with van der Waals surface area (Å²) in [5, 5.41) is 3.89. The fourth-order valence-electron chi connectivity index (χ4n) is 3.03. The van der Waals surface area contributed by atoms with Crippen molar-refractivity contribution in [3.05, 3.63) is 81.7 Å². The molecule has 0 fully saturated rings. The number of rotatable bonds is 7. The summed E-state index contributed by atoms with van der Waals surface area (Å²) >= 11 is 0. The third-order valence-electron chi connectivity index (χ3n) is 4.68. The van der Waals surface area contributed by atoms with E-state index in [-0.39, 0.29) is 24.6 Å². The van der Waals surface area contributed by atoms with Crippen LogP contribution in [0.5, 0.6) is 5.75 Å². The molecule has 3 aromatic rings. The Balaban J connectivity index is 1.67. The maximum Gasteiger partial charge on any atom is 0.342 e. The number of carbonyl (C=O) groups excluding carboxylic acids is 2. The van der Waals surface area contributed by atoms with E-state index in [0.29, 0.717) is 17.1 Å². The van der Waals surface area contributed by atoms with Gasteiger partial charge in [0.1, 0.15) is 23.7 Å². The van der Waals surface area contributed by atoms with Gasteiger partial charge >= 0.3 is 5.97 Å². The van der Waals surface area contributed by atoms with Crippen LogP contribution in [0.25, 0.3) is 0 Å². The van der Waals surface area contributed by atoms with E-state index < -0.39 is 5.97 Å². The lowest BCUT2D eigenvalue weighted by Crippen LogP contribution is -2.16. The summed E-state index contributed by atoms with van der Waals surface area (Å²) in [6.07, 6.45) is 0. The number of benzene rings is 2. The zero-order chi connectivity index (χ0) is 21.0. The lowest BCUT2D eigenvalue weighted by Gasteiger charge is -2.11. The van der Waals surface area contributed by atoms with Gasteiger partial charge in [0.25, 0.3) is 0 Å². The van der Waals surface area contributed by atoms with E-state index in [9.17, 15) is 9.59 Å². The fourth-order valence-corrected chi connectivity index (χ4v) is 3.03. The van der Waals surface area contributed by atoms with E-state index in [1.807, 2.05) is 32.9 Å². The zero-order valence-corrected chi connectivity index (χ0v) is 16.9. The maximum atomic E-state index is 12.6. The molecule has 3 rings (SSSR count). The van der Waals surface area contributed by atoms with E-state index in [1.165, 1.54) is 0 Å². The van der Waals surface area contributed by atoms with E-state index in [0.717, 1.165) is 22.4 Å². The second-order valence-electron chi connectivity index (χ2n) is 6.91. The van der Waals surface area contributed by atoms with E-state index in [2.05, 4.69) is 5.16 Å². The second-order valence-corrected chi connectivity index (χ2v) is 6.91. The monoisotopic (exact) mass is 393 g/mol. The van der Waals surface area contributed by atoms with Gasteiger partial charge in [-0.15, -0.1) is 0 Å². The summed E-state index contributed by atoms with van der Waals surface area (Å²) in [4.78, 5) is 25.0. The van der Waals surface area contributed by atoms with Crippen LogP contribution in [-0.4, -0.2) is 23.5 Å². The molecular formula is C23H23NO5. The van der Waals surface area contributed by atoms with Gasteiger partial charge in [-0.25, -0.2) is 4.79 Å². The maximum absolute atomic E-state index is 12.6. The van der Waals surface area contributed by atoms with Crippen molar-refractivity contribution in [2.24, 2.45) is 0 Å². The smallest absolute Gasteiger partial charge is 0.342 e. The van der Waals surface area contributed by atoms with E-state index >= 15 is 0 Å². The Bertz CT molecular complexity index is 1030. The van der Waals surface area contributed by atoms with Crippen LogP contribution in [0.3, 0.4) is 0 Å². The molecule has 0 atom stereocenters. The van der Waals surface area contributed by atoms with Crippen molar-refractivity contribution in [3.8, 4) is 5.75 Å². The molecule has 0 aliphatic carbocycles. The Labute approximate surface area is 169 Å². The van der Waals surface area contributed by atoms with Crippen LogP contribution in [0.1, 0.15) is 48.9 Å². The molecule has 0 N–H and O–H groups in total. The van der Waals surface area contributed by atoms with Crippen molar-refractivity contribution >= 4 is 11.8 Å². The van der Waals surface area contributed by atoms with Gasteiger partial charge in [-0.3, -0.25) is 4.79 Å².